The van der Waals surface area contributed by atoms with E-state index in [1.807, 2.05) is 6.07 Å². The fourth-order valence-corrected chi connectivity index (χ4v) is 5.26. The number of hydrogen-bond acceptors (Lipinski definition) is 4. The van der Waals surface area contributed by atoms with Crippen LogP contribution in [0.25, 0.3) is 10.9 Å². The molecular weight excluding hydrogens is 437 g/mol. The molecule has 0 radical (unpaired) electrons. The van der Waals surface area contributed by atoms with Crippen LogP contribution in [0.4, 0.5) is 0 Å². The van der Waals surface area contributed by atoms with E-state index in [0.717, 1.165) is 22.9 Å². The lowest BCUT2D eigenvalue weighted by Gasteiger charge is -2.13. The molecule has 1 aliphatic rings. The Hall–Kier alpha value is -2.37. The number of aromatic nitrogens is 1. The van der Waals surface area contributed by atoms with Gasteiger partial charge >= 0.3 is 0 Å². The molecule has 2 aromatic carbocycles. The summed E-state index contributed by atoms with van der Waals surface area (Å²) < 4.78 is 17.1. The van der Waals surface area contributed by atoms with Crippen LogP contribution in [-0.2, 0) is 13.5 Å². The normalized spacial score (nSPS) is 19.3. The molecule has 5 nitrogen and oxygen atoms in total. The fourth-order valence-electron chi connectivity index (χ4n) is 4.43. The van der Waals surface area contributed by atoms with E-state index < -0.39 is 10.3 Å². The Labute approximate surface area is 191 Å². The summed E-state index contributed by atoms with van der Waals surface area (Å²) in [7, 11) is 6.60. The maximum atomic E-state index is 13.4. The quantitative estimate of drug-likeness (QED) is 0.342. The number of carbonyl (C=O) groups excluding carboxylic acids is 1. The van der Waals surface area contributed by atoms with Gasteiger partial charge in [-0.15, -0.1) is 23.2 Å². The van der Waals surface area contributed by atoms with E-state index in [1.165, 1.54) is 27.0 Å². The van der Waals surface area contributed by atoms with Crippen LogP contribution in [0.5, 0.6) is 17.2 Å². The van der Waals surface area contributed by atoms with Gasteiger partial charge in [0.05, 0.1) is 27.2 Å². The molecule has 0 spiro atoms. The highest BCUT2D eigenvalue weighted by molar-refractivity contribution is 6.54. The van der Waals surface area contributed by atoms with Crippen molar-refractivity contribution in [1.82, 2.24) is 4.57 Å². The molecule has 31 heavy (non-hydrogen) atoms. The van der Waals surface area contributed by atoms with E-state index in [0.29, 0.717) is 22.8 Å². The Morgan fingerprint density at radius 2 is 1.68 bits per heavy atom. The second kappa shape index (κ2) is 7.95. The summed E-state index contributed by atoms with van der Waals surface area (Å²) in [5, 5.41) is 1.12. The van der Waals surface area contributed by atoms with Gasteiger partial charge < -0.3 is 18.8 Å². The van der Waals surface area contributed by atoms with E-state index in [9.17, 15) is 4.79 Å². The van der Waals surface area contributed by atoms with Crippen LogP contribution in [0.15, 0.2) is 36.4 Å². The number of fused-ring (bicyclic) bond motifs is 1. The SMILES string of the molecule is CCc1cc2cc(C3C(C(=O)c4cc(OC)c(OC)c(OC)c4)C3(Cl)Cl)ccc2n1C. The van der Waals surface area contributed by atoms with Crippen LogP contribution >= 0.6 is 23.2 Å². The van der Waals surface area contributed by atoms with E-state index >= 15 is 0 Å². The Morgan fingerprint density at radius 1 is 1.03 bits per heavy atom. The van der Waals surface area contributed by atoms with Gasteiger partial charge in [0.15, 0.2) is 17.3 Å². The first kappa shape index (κ1) is 21.8. The largest absolute Gasteiger partial charge is 0.493 e. The average molecular weight is 462 g/mol. The second-order valence-electron chi connectivity index (χ2n) is 7.77. The molecule has 0 bridgehead atoms. The van der Waals surface area contributed by atoms with Crippen LogP contribution in [-0.4, -0.2) is 36.0 Å². The lowest BCUT2D eigenvalue weighted by molar-refractivity contribution is 0.0963. The molecule has 1 fully saturated rings. The maximum Gasteiger partial charge on any atom is 0.203 e. The van der Waals surface area contributed by atoms with Crippen LogP contribution < -0.4 is 14.2 Å². The van der Waals surface area contributed by atoms with Crippen LogP contribution in [0.3, 0.4) is 0 Å². The zero-order valence-corrected chi connectivity index (χ0v) is 19.7. The molecule has 1 aliphatic carbocycles. The summed E-state index contributed by atoms with van der Waals surface area (Å²) in [4.78, 5) is 13.4. The molecular formula is C24H25Cl2NO4. The first-order valence-electron chi connectivity index (χ1n) is 10.1. The number of Topliss-reactive ketones (excluding diaryl/α,β-unsaturated/α-hetero) is 1. The number of hydrogen-bond donors (Lipinski definition) is 0. The van der Waals surface area contributed by atoms with Crippen molar-refractivity contribution in [3.63, 3.8) is 0 Å². The van der Waals surface area contributed by atoms with Gasteiger partial charge in [0.25, 0.3) is 0 Å². The number of rotatable bonds is 7. The van der Waals surface area contributed by atoms with Gasteiger partial charge in [-0.05, 0) is 42.3 Å². The summed E-state index contributed by atoms with van der Waals surface area (Å²) in [6.07, 6.45) is 0.946. The van der Waals surface area contributed by atoms with Gasteiger partial charge in [-0.3, -0.25) is 4.79 Å². The minimum Gasteiger partial charge on any atom is -0.493 e. The third-order valence-electron chi connectivity index (χ3n) is 6.17. The third kappa shape index (κ3) is 3.44. The number of halogens is 2. The number of carbonyl (C=O) groups is 1. The van der Waals surface area contributed by atoms with E-state index in [4.69, 9.17) is 37.4 Å². The molecule has 164 valence electrons. The fraction of sp³-hybridized carbons (Fsp3) is 0.375. The molecule has 2 atom stereocenters. The minimum atomic E-state index is -1.17. The molecule has 0 amide bonds. The summed E-state index contributed by atoms with van der Waals surface area (Å²) in [5.74, 6) is 0.238. The number of benzene rings is 2. The Balaban J connectivity index is 1.70. The number of aryl methyl sites for hydroxylation is 2. The summed E-state index contributed by atoms with van der Waals surface area (Å²) in [5.41, 5.74) is 3.76. The van der Waals surface area contributed by atoms with Crippen molar-refractivity contribution in [3.8, 4) is 17.2 Å². The topological polar surface area (TPSA) is 49.7 Å². The van der Waals surface area contributed by atoms with Gasteiger partial charge in [0.2, 0.25) is 5.75 Å². The molecule has 3 aromatic rings. The second-order valence-corrected chi connectivity index (χ2v) is 9.22. The summed E-state index contributed by atoms with van der Waals surface area (Å²) in [6, 6.07) is 11.6. The third-order valence-corrected chi connectivity index (χ3v) is 7.11. The molecule has 0 N–H and O–H groups in total. The molecule has 1 aromatic heterocycles. The number of methoxy groups -OCH3 is 3. The zero-order valence-electron chi connectivity index (χ0n) is 18.2. The highest BCUT2D eigenvalue weighted by Gasteiger charge is 2.67. The molecule has 0 saturated heterocycles. The standard InChI is InChI=1S/C24H25Cl2NO4/c1-6-16-10-14-9-13(7-8-17(14)27(16)2)20-21(24(20,25)26)22(28)15-11-18(29-3)23(31-5)19(12-15)30-4/h7-12,20-21H,6H2,1-5H3. The van der Waals surface area contributed by atoms with Crippen molar-refractivity contribution in [2.24, 2.45) is 13.0 Å². The highest BCUT2D eigenvalue weighted by Crippen LogP contribution is 2.66. The summed E-state index contributed by atoms with van der Waals surface area (Å²) in [6.45, 7) is 2.13. The van der Waals surface area contributed by atoms with Gasteiger partial charge in [-0.1, -0.05) is 13.0 Å². The molecule has 0 aliphatic heterocycles. The monoisotopic (exact) mass is 461 g/mol. The van der Waals surface area contributed by atoms with Crippen LogP contribution in [0.1, 0.15) is 34.5 Å². The van der Waals surface area contributed by atoms with Crippen molar-refractivity contribution in [3.05, 3.63) is 53.2 Å². The number of alkyl halides is 2. The first-order chi connectivity index (χ1) is 14.8. The van der Waals surface area contributed by atoms with Crippen molar-refractivity contribution >= 4 is 39.9 Å². The lowest BCUT2D eigenvalue weighted by atomic mass is 10.0. The predicted molar refractivity (Wildman–Crippen MR) is 123 cm³/mol. The Bertz CT molecular complexity index is 1140. The first-order valence-corrected chi connectivity index (χ1v) is 10.8. The van der Waals surface area contributed by atoms with Gasteiger partial charge in [0.1, 0.15) is 4.33 Å². The molecule has 1 heterocycles. The molecule has 2 unspecified atom stereocenters. The highest BCUT2D eigenvalue weighted by atomic mass is 35.5. The van der Waals surface area contributed by atoms with Crippen molar-refractivity contribution in [2.45, 2.75) is 23.6 Å². The smallest absolute Gasteiger partial charge is 0.203 e. The van der Waals surface area contributed by atoms with E-state index in [1.54, 1.807) is 12.1 Å². The maximum absolute atomic E-state index is 13.4. The van der Waals surface area contributed by atoms with Gasteiger partial charge in [-0.2, -0.15) is 0 Å². The Morgan fingerprint density at radius 3 is 2.23 bits per heavy atom. The van der Waals surface area contributed by atoms with Crippen molar-refractivity contribution < 1.29 is 19.0 Å². The number of ether oxygens (including phenoxy) is 3. The van der Waals surface area contributed by atoms with Gasteiger partial charge in [-0.25, -0.2) is 0 Å². The minimum absolute atomic E-state index is 0.156. The van der Waals surface area contributed by atoms with Crippen molar-refractivity contribution in [2.75, 3.05) is 21.3 Å². The zero-order chi connectivity index (χ0) is 22.5. The summed E-state index contributed by atoms with van der Waals surface area (Å²) >= 11 is 13.3. The lowest BCUT2D eigenvalue weighted by Crippen LogP contribution is -2.08. The van der Waals surface area contributed by atoms with Crippen LogP contribution in [0.2, 0.25) is 0 Å². The Kier molecular flexibility index (Phi) is 5.61. The van der Waals surface area contributed by atoms with Gasteiger partial charge in [0, 0.05) is 35.1 Å². The number of ketones is 1. The molecule has 7 heteroatoms. The van der Waals surface area contributed by atoms with E-state index in [2.05, 4.69) is 36.7 Å². The molecule has 4 rings (SSSR count). The van der Waals surface area contributed by atoms with E-state index in [-0.39, 0.29) is 11.7 Å². The molecule has 1 saturated carbocycles. The average Bonchev–Trinajstić information content (AvgIpc) is 3.21. The van der Waals surface area contributed by atoms with Crippen molar-refractivity contribution in [1.29, 1.82) is 0 Å². The predicted octanol–water partition coefficient (Wildman–Crippen LogP) is 5.54. The van der Waals surface area contributed by atoms with Crippen LogP contribution in [0, 0.1) is 5.92 Å². The number of nitrogens with zero attached hydrogens (tertiary/aromatic N) is 1.